The molecule has 1 rings (SSSR count). The summed E-state index contributed by atoms with van der Waals surface area (Å²) in [5.74, 6) is 2.49. The van der Waals surface area contributed by atoms with Crippen LogP contribution < -0.4 is 10.5 Å². The van der Waals surface area contributed by atoms with Crippen molar-refractivity contribution in [3.63, 3.8) is 0 Å². The lowest BCUT2D eigenvalue weighted by atomic mass is 10.0. The van der Waals surface area contributed by atoms with E-state index in [0.717, 1.165) is 0 Å². The Morgan fingerprint density at radius 1 is 1.64 bits per heavy atom. The number of rotatable bonds is 3. The fourth-order valence-electron chi connectivity index (χ4n) is 1.17. The average Bonchev–Trinajstić information content (AvgIpc) is 2.17. The summed E-state index contributed by atoms with van der Waals surface area (Å²) in [5.41, 5.74) is 6.09. The van der Waals surface area contributed by atoms with Crippen LogP contribution in [0.5, 0.6) is 5.75 Å². The number of terminal acetylenes is 1. The van der Waals surface area contributed by atoms with E-state index in [-0.39, 0.29) is 5.82 Å². The molecule has 2 nitrogen and oxygen atoms in total. The van der Waals surface area contributed by atoms with Gasteiger partial charge in [-0.2, -0.15) is 0 Å². The summed E-state index contributed by atoms with van der Waals surface area (Å²) >= 11 is 0. The summed E-state index contributed by atoms with van der Waals surface area (Å²) in [6, 6.07) is 4.10. The first-order valence-electron chi connectivity index (χ1n) is 4.21. The maximum absolute atomic E-state index is 13.4. The van der Waals surface area contributed by atoms with Crippen LogP contribution in [0, 0.1) is 18.2 Å². The second kappa shape index (κ2) is 4.64. The highest BCUT2D eigenvalue weighted by Crippen LogP contribution is 2.21. The van der Waals surface area contributed by atoms with Gasteiger partial charge in [0.25, 0.3) is 0 Å². The largest absolute Gasteiger partial charge is 0.497 e. The van der Waals surface area contributed by atoms with Gasteiger partial charge in [-0.15, -0.1) is 12.3 Å². The summed E-state index contributed by atoms with van der Waals surface area (Å²) in [6.45, 7) is 0. The number of ether oxygens (including phenoxy) is 1. The van der Waals surface area contributed by atoms with E-state index in [2.05, 4.69) is 5.92 Å². The molecule has 1 aromatic rings. The quantitative estimate of drug-likeness (QED) is 0.743. The molecule has 74 valence electrons. The summed E-state index contributed by atoms with van der Waals surface area (Å²) in [6.07, 6.45) is 5.42. The second-order valence-electron chi connectivity index (χ2n) is 2.90. The summed E-state index contributed by atoms with van der Waals surface area (Å²) in [4.78, 5) is 0. The van der Waals surface area contributed by atoms with E-state index >= 15 is 0 Å². The monoisotopic (exact) mass is 193 g/mol. The fraction of sp³-hybridized carbons (Fsp3) is 0.273. The zero-order valence-corrected chi connectivity index (χ0v) is 7.96. The van der Waals surface area contributed by atoms with Gasteiger partial charge in [-0.3, -0.25) is 0 Å². The highest BCUT2D eigenvalue weighted by atomic mass is 19.1. The molecule has 1 unspecified atom stereocenters. The predicted octanol–water partition coefficient (Wildman–Crippen LogP) is 1.86. The minimum atomic E-state index is -0.453. The van der Waals surface area contributed by atoms with Crippen molar-refractivity contribution in [2.45, 2.75) is 12.5 Å². The van der Waals surface area contributed by atoms with Gasteiger partial charge >= 0.3 is 0 Å². The van der Waals surface area contributed by atoms with Crippen LogP contribution in [0.4, 0.5) is 4.39 Å². The van der Waals surface area contributed by atoms with Crippen molar-refractivity contribution in [1.82, 2.24) is 0 Å². The van der Waals surface area contributed by atoms with Gasteiger partial charge in [0.15, 0.2) is 0 Å². The first-order valence-corrected chi connectivity index (χ1v) is 4.21. The number of hydrogen-bond acceptors (Lipinski definition) is 2. The van der Waals surface area contributed by atoms with Crippen molar-refractivity contribution < 1.29 is 9.13 Å². The maximum atomic E-state index is 13.4. The van der Waals surface area contributed by atoms with Crippen LogP contribution in [-0.2, 0) is 0 Å². The molecule has 0 radical (unpaired) electrons. The Morgan fingerprint density at radius 2 is 2.36 bits per heavy atom. The summed E-state index contributed by atoms with van der Waals surface area (Å²) < 4.78 is 18.3. The van der Waals surface area contributed by atoms with Crippen molar-refractivity contribution in [1.29, 1.82) is 0 Å². The molecule has 0 aromatic heterocycles. The highest BCUT2D eigenvalue weighted by Gasteiger charge is 2.10. The zero-order valence-electron chi connectivity index (χ0n) is 7.96. The van der Waals surface area contributed by atoms with Crippen LogP contribution in [-0.4, -0.2) is 7.11 Å². The number of methoxy groups -OCH3 is 1. The Bertz CT molecular complexity index is 357. The van der Waals surface area contributed by atoms with Crippen LogP contribution in [0.1, 0.15) is 18.0 Å². The lowest BCUT2D eigenvalue weighted by molar-refractivity contribution is 0.410. The molecular weight excluding hydrogens is 181 g/mol. The van der Waals surface area contributed by atoms with Gasteiger partial charge in [-0.25, -0.2) is 4.39 Å². The topological polar surface area (TPSA) is 35.2 Å². The average molecular weight is 193 g/mol. The summed E-state index contributed by atoms with van der Waals surface area (Å²) in [5, 5.41) is 0. The lowest BCUT2D eigenvalue weighted by Crippen LogP contribution is -2.11. The Morgan fingerprint density at radius 3 is 2.86 bits per heavy atom. The van der Waals surface area contributed by atoms with E-state index in [9.17, 15) is 4.39 Å². The highest BCUT2D eigenvalue weighted by molar-refractivity contribution is 5.31. The van der Waals surface area contributed by atoms with Crippen molar-refractivity contribution >= 4 is 0 Å². The first kappa shape index (κ1) is 10.6. The van der Waals surface area contributed by atoms with Crippen molar-refractivity contribution in [2.75, 3.05) is 7.11 Å². The standard InChI is InChI=1S/C11H12FNO/c1-3-4-11(13)9-6-5-8(14-2)7-10(9)12/h1,5-7,11H,4,13H2,2H3. The smallest absolute Gasteiger partial charge is 0.131 e. The Balaban J connectivity index is 2.94. The van der Waals surface area contributed by atoms with Crippen molar-refractivity contribution in [3.05, 3.63) is 29.6 Å². The third kappa shape index (κ3) is 2.24. The van der Waals surface area contributed by atoms with E-state index in [1.807, 2.05) is 0 Å². The molecular formula is C11H12FNO. The van der Waals surface area contributed by atoms with E-state index in [1.54, 1.807) is 12.1 Å². The van der Waals surface area contributed by atoms with Crippen LogP contribution >= 0.6 is 0 Å². The van der Waals surface area contributed by atoms with Gasteiger partial charge in [0.05, 0.1) is 7.11 Å². The molecule has 0 amide bonds. The Kier molecular flexibility index (Phi) is 3.49. The van der Waals surface area contributed by atoms with E-state index in [0.29, 0.717) is 17.7 Å². The molecule has 14 heavy (non-hydrogen) atoms. The maximum Gasteiger partial charge on any atom is 0.131 e. The molecule has 0 saturated heterocycles. The molecule has 1 aromatic carbocycles. The van der Waals surface area contributed by atoms with Gasteiger partial charge in [0.1, 0.15) is 11.6 Å². The molecule has 0 heterocycles. The molecule has 3 heteroatoms. The third-order valence-electron chi connectivity index (χ3n) is 1.94. The second-order valence-corrected chi connectivity index (χ2v) is 2.90. The van der Waals surface area contributed by atoms with Crippen LogP contribution in [0.15, 0.2) is 18.2 Å². The van der Waals surface area contributed by atoms with E-state index < -0.39 is 6.04 Å². The molecule has 0 aliphatic rings. The Hall–Kier alpha value is -1.53. The molecule has 1 atom stereocenters. The van der Waals surface area contributed by atoms with Gasteiger partial charge in [-0.1, -0.05) is 6.07 Å². The SMILES string of the molecule is C#CCC(N)c1ccc(OC)cc1F. The molecule has 0 aliphatic carbocycles. The number of hydrogen-bond donors (Lipinski definition) is 1. The fourth-order valence-corrected chi connectivity index (χ4v) is 1.17. The number of nitrogens with two attached hydrogens (primary N) is 1. The van der Waals surface area contributed by atoms with Crippen LogP contribution in [0.3, 0.4) is 0 Å². The van der Waals surface area contributed by atoms with Gasteiger partial charge in [-0.05, 0) is 6.07 Å². The molecule has 0 bridgehead atoms. The minimum Gasteiger partial charge on any atom is -0.497 e. The van der Waals surface area contributed by atoms with Crippen molar-refractivity contribution in [2.24, 2.45) is 5.73 Å². The van der Waals surface area contributed by atoms with E-state index in [4.69, 9.17) is 16.9 Å². The Labute approximate surface area is 82.9 Å². The molecule has 0 spiro atoms. The normalized spacial score (nSPS) is 11.9. The molecule has 2 N–H and O–H groups in total. The van der Waals surface area contributed by atoms with Gasteiger partial charge in [0, 0.05) is 24.1 Å². The number of benzene rings is 1. The van der Waals surface area contributed by atoms with Gasteiger partial charge < -0.3 is 10.5 Å². The number of halogens is 1. The molecule has 0 fully saturated rings. The van der Waals surface area contributed by atoms with Gasteiger partial charge in [0.2, 0.25) is 0 Å². The molecule has 0 saturated carbocycles. The zero-order chi connectivity index (χ0) is 10.6. The molecule has 0 aliphatic heterocycles. The lowest BCUT2D eigenvalue weighted by Gasteiger charge is -2.10. The predicted molar refractivity (Wildman–Crippen MR) is 53.3 cm³/mol. The minimum absolute atomic E-state index is 0.323. The third-order valence-corrected chi connectivity index (χ3v) is 1.94. The first-order chi connectivity index (χ1) is 6.69. The van der Waals surface area contributed by atoms with Crippen LogP contribution in [0.2, 0.25) is 0 Å². The van der Waals surface area contributed by atoms with Crippen molar-refractivity contribution in [3.8, 4) is 18.1 Å². The van der Waals surface area contributed by atoms with Crippen LogP contribution in [0.25, 0.3) is 0 Å². The summed E-state index contributed by atoms with van der Waals surface area (Å²) in [7, 11) is 1.48. The van der Waals surface area contributed by atoms with E-state index in [1.165, 1.54) is 13.2 Å².